The Morgan fingerprint density at radius 3 is 2.39 bits per heavy atom. The van der Waals surface area contributed by atoms with Gasteiger partial charge in [-0.3, -0.25) is 19.7 Å². The van der Waals surface area contributed by atoms with Gasteiger partial charge in [-0.25, -0.2) is 13.2 Å². The number of aryl methyl sites for hydroxylation is 2. The molecule has 202 valence electrons. The summed E-state index contributed by atoms with van der Waals surface area (Å²) in [6, 6.07) is 6.14. The summed E-state index contributed by atoms with van der Waals surface area (Å²) in [6.45, 7) is 2.67. The first-order valence-corrected chi connectivity index (χ1v) is 13.0. The number of nitrogens with one attached hydrogen (secondary N) is 1. The minimum absolute atomic E-state index is 0.0298. The summed E-state index contributed by atoms with van der Waals surface area (Å²) in [4.78, 5) is 38.3. The number of hydrogen-bond donors (Lipinski definition) is 1. The van der Waals surface area contributed by atoms with Crippen molar-refractivity contribution in [2.24, 2.45) is 5.41 Å². The number of halogens is 3. The molecule has 2 aromatic rings. The molecule has 2 amide bonds. The highest BCUT2D eigenvalue weighted by atomic mass is 19.2. The molecule has 2 aliphatic carbocycles. The van der Waals surface area contributed by atoms with Crippen LogP contribution in [0.15, 0.2) is 30.3 Å². The zero-order valence-electron chi connectivity index (χ0n) is 21.2. The summed E-state index contributed by atoms with van der Waals surface area (Å²) in [7, 11) is 0. The van der Waals surface area contributed by atoms with E-state index in [0.29, 0.717) is 55.5 Å². The number of amides is 2. The van der Waals surface area contributed by atoms with Crippen LogP contribution in [0.2, 0.25) is 0 Å². The van der Waals surface area contributed by atoms with Crippen molar-refractivity contribution >= 4 is 17.5 Å². The van der Waals surface area contributed by atoms with Crippen molar-refractivity contribution in [3.05, 3.63) is 74.6 Å². The molecule has 1 N–H and O–H groups in total. The largest absolute Gasteiger partial charge is 0.353 e. The molecule has 0 radical (unpaired) electrons. The van der Waals surface area contributed by atoms with Crippen LogP contribution in [-0.4, -0.2) is 40.8 Å². The second-order valence-electron chi connectivity index (χ2n) is 11.0. The normalized spacial score (nSPS) is 20.7. The topological polar surface area (TPSA) is 92.6 Å². The Balaban J connectivity index is 1.09. The fourth-order valence-corrected chi connectivity index (χ4v) is 5.91. The standard InChI is InChI=1S/C28H30F3N3O4/c1-17-13-18(23(34(37)38)15-21(17)30)3-2-4-25(35)32-24-16-27(24)9-11-33(12-10-27)26(36)28(7-8-28)19-5-6-20(29)22(31)14-19/h5-6,13-15,24H,2-4,7-12,16H2,1H3,(H,32,35). The van der Waals surface area contributed by atoms with Gasteiger partial charge in [0.1, 0.15) is 5.82 Å². The molecule has 1 unspecified atom stereocenters. The zero-order valence-corrected chi connectivity index (χ0v) is 21.2. The molecular weight excluding hydrogens is 499 g/mol. The maximum Gasteiger partial charge on any atom is 0.275 e. The van der Waals surface area contributed by atoms with E-state index in [1.54, 1.807) is 6.92 Å². The number of likely N-dealkylation sites (tertiary alicyclic amines) is 1. The smallest absolute Gasteiger partial charge is 0.275 e. The van der Waals surface area contributed by atoms with Gasteiger partial charge in [-0.15, -0.1) is 0 Å². The fraction of sp³-hybridized carbons (Fsp3) is 0.500. The van der Waals surface area contributed by atoms with Crippen LogP contribution in [0.25, 0.3) is 0 Å². The molecule has 3 fully saturated rings. The molecule has 2 aromatic carbocycles. The third-order valence-corrected chi connectivity index (χ3v) is 8.61. The highest BCUT2D eigenvalue weighted by Gasteiger charge is 2.58. The van der Waals surface area contributed by atoms with E-state index < -0.39 is 27.8 Å². The summed E-state index contributed by atoms with van der Waals surface area (Å²) in [5.74, 6) is -2.65. The predicted molar refractivity (Wildman–Crippen MR) is 133 cm³/mol. The van der Waals surface area contributed by atoms with Gasteiger partial charge in [0.2, 0.25) is 11.8 Å². The van der Waals surface area contributed by atoms with Crippen LogP contribution in [-0.2, 0) is 21.4 Å². The second-order valence-corrected chi connectivity index (χ2v) is 11.0. The van der Waals surface area contributed by atoms with Crippen molar-refractivity contribution in [2.75, 3.05) is 13.1 Å². The first-order valence-electron chi connectivity index (χ1n) is 13.0. The summed E-state index contributed by atoms with van der Waals surface area (Å²) in [5, 5.41) is 14.3. The first kappa shape index (κ1) is 26.2. The molecule has 1 heterocycles. The predicted octanol–water partition coefficient (Wildman–Crippen LogP) is 4.87. The van der Waals surface area contributed by atoms with Crippen molar-refractivity contribution in [1.29, 1.82) is 0 Å². The number of benzene rings is 2. The summed E-state index contributed by atoms with van der Waals surface area (Å²) >= 11 is 0. The van der Waals surface area contributed by atoms with E-state index >= 15 is 0 Å². The van der Waals surface area contributed by atoms with Crippen molar-refractivity contribution in [1.82, 2.24) is 10.2 Å². The van der Waals surface area contributed by atoms with Crippen LogP contribution in [0.4, 0.5) is 18.9 Å². The van der Waals surface area contributed by atoms with Crippen LogP contribution in [0.3, 0.4) is 0 Å². The number of carbonyl (C=O) groups excluding carboxylic acids is 2. The Hall–Kier alpha value is -3.43. The number of piperidine rings is 1. The van der Waals surface area contributed by atoms with Crippen molar-refractivity contribution < 1.29 is 27.7 Å². The molecule has 3 aliphatic rings. The summed E-state index contributed by atoms with van der Waals surface area (Å²) in [5.41, 5.74) is 0.218. The van der Waals surface area contributed by atoms with Crippen LogP contribution in [0.5, 0.6) is 0 Å². The molecule has 1 atom stereocenters. The Bertz CT molecular complexity index is 1300. The number of nitrogens with zero attached hydrogens (tertiary/aromatic N) is 2. The van der Waals surface area contributed by atoms with Crippen LogP contribution in [0, 0.1) is 39.9 Å². The number of nitro benzene ring substituents is 1. The van der Waals surface area contributed by atoms with E-state index in [1.807, 2.05) is 4.90 Å². The van der Waals surface area contributed by atoms with Crippen LogP contribution >= 0.6 is 0 Å². The maximum atomic E-state index is 13.8. The number of nitro groups is 1. The molecule has 1 aliphatic heterocycles. The molecule has 1 saturated heterocycles. The SMILES string of the molecule is Cc1cc(CCCC(=O)NC2CC23CCN(C(=O)C2(c4ccc(F)c(F)c4)CC2)CC3)c([N+](=O)[O-])cc1F. The minimum Gasteiger partial charge on any atom is -0.353 e. The highest BCUT2D eigenvalue weighted by molar-refractivity contribution is 5.91. The van der Waals surface area contributed by atoms with E-state index in [2.05, 4.69) is 5.32 Å². The Labute approximate surface area is 218 Å². The van der Waals surface area contributed by atoms with Crippen molar-refractivity contribution in [2.45, 2.75) is 69.7 Å². The number of carbonyl (C=O) groups is 2. The van der Waals surface area contributed by atoms with Gasteiger partial charge < -0.3 is 10.2 Å². The quantitative estimate of drug-likeness (QED) is 0.390. The lowest BCUT2D eigenvalue weighted by Crippen LogP contribution is -2.46. The van der Waals surface area contributed by atoms with E-state index in [1.165, 1.54) is 12.1 Å². The lowest BCUT2D eigenvalue weighted by molar-refractivity contribution is -0.385. The number of hydrogen-bond acceptors (Lipinski definition) is 4. The summed E-state index contributed by atoms with van der Waals surface area (Å²) < 4.78 is 40.8. The Morgan fingerprint density at radius 2 is 1.76 bits per heavy atom. The van der Waals surface area contributed by atoms with Gasteiger partial charge in [0, 0.05) is 31.1 Å². The van der Waals surface area contributed by atoms with Gasteiger partial charge in [-0.1, -0.05) is 6.07 Å². The Kier molecular flexibility index (Phi) is 6.69. The molecule has 1 spiro atoms. The average Bonchev–Trinajstić information content (AvgIpc) is 3.80. The van der Waals surface area contributed by atoms with Gasteiger partial charge in [0.05, 0.1) is 16.4 Å². The van der Waals surface area contributed by atoms with Crippen molar-refractivity contribution in [3.8, 4) is 0 Å². The van der Waals surface area contributed by atoms with Gasteiger partial charge >= 0.3 is 0 Å². The average molecular weight is 530 g/mol. The van der Waals surface area contributed by atoms with E-state index in [4.69, 9.17) is 0 Å². The minimum atomic E-state index is -0.943. The molecule has 10 heteroatoms. The van der Waals surface area contributed by atoms with Gasteiger partial charge in [0.25, 0.3) is 5.69 Å². The van der Waals surface area contributed by atoms with Crippen molar-refractivity contribution in [3.63, 3.8) is 0 Å². The monoisotopic (exact) mass is 529 g/mol. The van der Waals surface area contributed by atoms with Gasteiger partial charge in [-0.2, -0.15) is 0 Å². The molecule has 0 aromatic heterocycles. The molecule has 38 heavy (non-hydrogen) atoms. The molecular formula is C28H30F3N3O4. The van der Waals surface area contributed by atoms with Crippen LogP contribution in [0.1, 0.15) is 61.6 Å². The lowest BCUT2D eigenvalue weighted by Gasteiger charge is -2.35. The van der Waals surface area contributed by atoms with E-state index in [0.717, 1.165) is 37.5 Å². The lowest BCUT2D eigenvalue weighted by atomic mass is 9.89. The fourth-order valence-electron chi connectivity index (χ4n) is 5.91. The Morgan fingerprint density at radius 1 is 1.05 bits per heavy atom. The molecule has 0 bridgehead atoms. The highest BCUT2D eigenvalue weighted by Crippen LogP contribution is 2.55. The molecule has 7 nitrogen and oxygen atoms in total. The maximum absolute atomic E-state index is 13.8. The number of rotatable bonds is 8. The molecule has 2 saturated carbocycles. The van der Waals surface area contributed by atoms with Gasteiger partial charge in [-0.05, 0) is 86.6 Å². The van der Waals surface area contributed by atoms with E-state index in [9.17, 15) is 32.9 Å². The zero-order chi connectivity index (χ0) is 27.2. The van der Waals surface area contributed by atoms with Gasteiger partial charge in [0.15, 0.2) is 11.6 Å². The van der Waals surface area contributed by atoms with Crippen LogP contribution < -0.4 is 5.32 Å². The summed E-state index contributed by atoms with van der Waals surface area (Å²) in [6.07, 6.45) is 4.54. The second kappa shape index (κ2) is 9.71. The third-order valence-electron chi connectivity index (χ3n) is 8.61. The first-order chi connectivity index (χ1) is 18.0. The third kappa shape index (κ3) is 4.88. The molecule has 5 rings (SSSR count). The van der Waals surface area contributed by atoms with E-state index in [-0.39, 0.29) is 35.4 Å².